The molecule has 1 aromatic rings. The molecule has 2 saturated carbocycles. The van der Waals surface area contributed by atoms with Crippen molar-refractivity contribution in [1.29, 1.82) is 0 Å². The first kappa shape index (κ1) is 21.4. The standard InChI is InChI=1S/C21H30N2O6S/c1-4-21-8-7-12-13-11-19(28-2)18(23-30(25,26)27)10-15(13)17(22-24)9-14(12)16(21)5-6-20(21)29-3/h10-12,14,16,20,23-24H,4-9H2,1-3H3,(H,25,26,27)/b22-17+/t12-,14-,16+,20+,21+/m1/s1. The van der Waals surface area contributed by atoms with Gasteiger partial charge in [-0.15, -0.1) is 0 Å². The number of oxime groups is 1. The summed E-state index contributed by atoms with van der Waals surface area (Å²) in [5.41, 5.74) is 2.54. The van der Waals surface area contributed by atoms with Crippen LogP contribution in [0.1, 0.15) is 62.5 Å². The number of nitrogens with zero attached hydrogens (tertiary/aromatic N) is 1. The van der Waals surface area contributed by atoms with E-state index in [4.69, 9.17) is 9.47 Å². The van der Waals surface area contributed by atoms with Crippen molar-refractivity contribution >= 4 is 21.7 Å². The summed E-state index contributed by atoms with van der Waals surface area (Å²) in [6.45, 7) is 2.25. The summed E-state index contributed by atoms with van der Waals surface area (Å²) in [7, 11) is -1.20. The molecule has 0 bridgehead atoms. The Labute approximate surface area is 177 Å². The van der Waals surface area contributed by atoms with E-state index in [0.717, 1.165) is 37.7 Å². The van der Waals surface area contributed by atoms with Crippen LogP contribution in [-0.2, 0) is 15.0 Å². The molecular weight excluding hydrogens is 408 g/mol. The third-order valence-electron chi connectivity index (χ3n) is 7.89. The first-order chi connectivity index (χ1) is 14.3. The largest absolute Gasteiger partial charge is 0.495 e. The van der Waals surface area contributed by atoms with Crippen molar-refractivity contribution in [2.75, 3.05) is 18.9 Å². The molecule has 0 radical (unpaired) electrons. The second kappa shape index (κ2) is 7.69. The van der Waals surface area contributed by atoms with Crippen LogP contribution in [-0.4, -0.2) is 44.2 Å². The number of rotatable bonds is 5. The van der Waals surface area contributed by atoms with Crippen molar-refractivity contribution in [3.8, 4) is 5.75 Å². The SMILES string of the molecule is CC[C@]12CC[C@@H]3c4cc(OC)c(NS(=O)(=O)O)cc4/C(=N/O)C[C@H]3[C@@H]1CC[C@@H]2OC. The van der Waals surface area contributed by atoms with Gasteiger partial charge in [0, 0.05) is 12.7 Å². The third kappa shape index (κ3) is 3.27. The highest BCUT2D eigenvalue weighted by atomic mass is 32.2. The average Bonchev–Trinajstić information content (AvgIpc) is 3.10. The zero-order chi connectivity index (χ0) is 21.7. The van der Waals surface area contributed by atoms with Crippen molar-refractivity contribution in [3.63, 3.8) is 0 Å². The van der Waals surface area contributed by atoms with E-state index in [-0.39, 0.29) is 23.1 Å². The van der Waals surface area contributed by atoms with Crippen LogP contribution in [0.15, 0.2) is 17.3 Å². The number of anilines is 1. The first-order valence-electron chi connectivity index (χ1n) is 10.5. The molecule has 2 fully saturated rings. The Morgan fingerprint density at radius 2 is 2.03 bits per heavy atom. The fourth-order valence-corrected chi connectivity index (χ4v) is 7.15. The number of methoxy groups -OCH3 is 2. The minimum Gasteiger partial charge on any atom is -0.495 e. The van der Waals surface area contributed by atoms with E-state index >= 15 is 0 Å². The van der Waals surface area contributed by atoms with Crippen LogP contribution < -0.4 is 9.46 Å². The molecule has 3 aliphatic rings. The highest BCUT2D eigenvalue weighted by molar-refractivity contribution is 7.87. The zero-order valence-electron chi connectivity index (χ0n) is 17.6. The normalized spacial score (nSPS) is 34.2. The maximum Gasteiger partial charge on any atom is 0.357 e. The van der Waals surface area contributed by atoms with E-state index in [2.05, 4.69) is 16.8 Å². The molecule has 0 aliphatic heterocycles. The minimum atomic E-state index is -4.46. The van der Waals surface area contributed by atoms with Gasteiger partial charge in [-0.25, -0.2) is 0 Å². The summed E-state index contributed by atoms with van der Waals surface area (Å²) >= 11 is 0. The van der Waals surface area contributed by atoms with Gasteiger partial charge in [0.1, 0.15) is 5.75 Å². The van der Waals surface area contributed by atoms with Crippen LogP contribution in [0.3, 0.4) is 0 Å². The molecule has 3 N–H and O–H groups in total. The number of nitrogens with one attached hydrogen (secondary N) is 1. The second-order valence-electron chi connectivity index (χ2n) is 8.77. The molecule has 30 heavy (non-hydrogen) atoms. The first-order valence-corrected chi connectivity index (χ1v) is 11.9. The molecule has 0 unspecified atom stereocenters. The number of fused-ring (bicyclic) bond motifs is 5. The van der Waals surface area contributed by atoms with E-state index in [9.17, 15) is 18.2 Å². The van der Waals surface area contributed by atoms with Crippen LogP contribution in [0.4, 0.5) is 5.69 Å². The van der Waals surface area contributed by atoms with Crippen LogP contribution in [0.25, 0.3) is 0 Å². The van der Waals surface area contributed by atoms with E-state index in [1.54, 1.807) is 6.07 Å². The molecule has 1 aromatic carbocycles. The fraction of sp³-hybridized carbons (Fsp3) is 0.667. The number of hydrogen-bond acceptors (Lipinski definition) is 6. The topological polar surface area (TPSA) is 117 Å². The predicted octanol–water partition coefficient (Wildman–Crippen LogP) is 3.81. The van der Waals surface area contributed by atoms with Crippen molar-refractivity contribution in [3.05, 3.63) is 23.3 Å². The van der Waals surface area contributed by atoms with Crippen LogP contribution in [0, 0.1) is 17.3 Å². The lowest BCUT2D eigenvalue weighted by Gasteiger charge is -2.52. The van der Waals surface area contributed by atoms with Crippen LogP contribution in [0.5, 0.6) is 5.75 Å². The van der Waals surface area contributed by atoms with Gasteiger partial charge in [0.05, 0.1) is 24.6 Å². The van der Waals surface area contributed by atoms with E-state index in [0.29, 0.717) is 35.3 Å². The lowest BCUT2D eigenvalue weighted by molar-refractivity contribution is -0.0558. The van der Waals surface area contributed by atoms with Crippen molar-refractivity contribution in [2.24, 2.45) is 22.4 Å². The van der Waals surface area contributed by atoms with Gasteiger partial charge in [-0.3, -0.25) is 9.27 Å². The van der Waals surface area contributed by atoms with Gasteiger partial charge >= 0.3 is 10.3 Å². The Kier molecular flexibility index (Phi) is 5.48. The van der Waals surface area contributed by atoms with E-state index in [1.165, 1.54) is 7.11 Å². The lowest BCUT2D eigenvalue weighted by atomic mass is 9.53. The number of benzene rings is 1. The van der Waals surface area contributed by atoms with Gasteiger partial charge in [0.2, 0.25) is 0 Å². The quantitative estimate of drug-likeness (QED) is 0.366. The average molecular weight is 439 g/mol. The third-order valence-corrected chi connectivity index (χ3v) is 8.37. The Bertz CT molecular complexity index is 962. The second-order valence-corrected chi connectivity index (χ2v) is 9.93. The summed E-state index contributed by atoms with van der Waals surface area (Å²) < 4.78 is 45.3. The maximum absolute atomic E-state index is 11.4. The molecule has 0 saturated heterocycles. The highest BCUT2D eigenvalue weighted by Crippen LogP contribution is 2.63. The molecule has 9 heteroatoms. The fourth-order valence-electron chi connectivity index (χ4n) is 6.71. The molecule has 0 amide bonds. The summed E-state index contributed by atoms with van der Waals surface area (Å²) in [5, 5.41) is 13.4. The molecule has 5 atom stereocenters. The maximum atomic E-state index is 11.4. The molecule has 3 aliphatic carbocycles. The summed E-state index contributed by atoms with van der Waals surface area (Å²) in [5.74, 6) is 1.43. The molecule has 166 valence electrons. The molecule has 8 nitrogen and oxygen atoms in total. The molecule has 0 heterocycles. The number of ether oxygens (including phenoxy) is 2. The Morgan fingerprint density at radius 1 is 1.27 bits per heavy atom. The van der Waals surface area contributed by atoms with Crippen molar-refractivity contribution < 1.29 is 27.7 Å². The lowest BCUT2D eigenvalue weighted by Crippen LogP contribution is -2.47. The minimum absolute atomic E-state index is 0.123. The molecular formula is C21H30N2O6S. The van der Waals surface area contributed by atoms with E-state index in [1.807, 2.05) is 13.2 Å². The van der Waals surface area contributed by atoms with Crippen LogP contribution >= 0.6 is 0 Å². The van der Waals surface area contributed by atoms with Crippen molar-refractivity contribution in [1.82, 2.24) is 0 Å². The van der Waals surface area contributed by atoms with Gasteiger partial charge in [0.15, 0.2) is 0 Å². The summed E-state index contributed by atoms with van der Waals surface area (Å²) in [6.07, 6.45) is 6.19. The number of hydrogen-bond donors (Lipinski definition) is 3. The molecule has 0 spiro atoms. The Morgan fingerprint density at radius 3 is 2.63 bits per heavy atom. The molecule has 0 aromatic heterocycles. The Hall–Kier alpha value is -1.84. The van der Waals surface area contributed by atoms with Crippen LogP contribution in [0.2, 0.25) is 0 Å². The summed E-state index contributed by atoms with van der Waals surface area (Å²) in [6, 6.07) is 3.42. The van der Waals surface area contributed by atoms with Gasteiger partial charge in [-0.1, -0.05) is 12.1 Å². The van der Waals surface area contributed by atoms with E-state index < -0.39 is 10.3 Å². The van der Waals surface area contributed by atoms with Crippen molar-refractivity contribution in [2.45, 2.75) is 57.5 Å². The monoisotopic (exact) mass is 438 g/mol. The Balaban J connectivity index is 1.79. The molecule has 4 rings (SSSR count). The summed E-state index contributed by atoms with van der Waals surface area (Å²) in [4.78, 5) is 0. The van der Waals surface area contributed by atoms with Gasteiger partial charge < -0.3 is 14.7 Å². The predicted molar refractivity (Wildman–Crippen MR) is 113 cm³/mol. The van der Waals surface area contributed by atoms with Gasteiger partial charge in [0.25, 0.3) is 0 Å². The van der Waals surface area contributed by atoms with Gasteiger partial charge in [-0.05, 0) is 79.4 Å². The van der Waals surface area contributed by atoms with Gasteiger partial charge in [-0.2, -0.15) is 8.42 Å². The highest BCUT2D eigenvalue weighted by Gasteiger charge is 2.57. The zero-order valence-corrected chi connectivity index (χ0v) is 18.4. The smallest absolute Gasteiger partial charge is 0.357 e.